The quantitative estimate of drug-likeness (QED) is 0.462. The lowest BCUT2D eigenvalue weighted by atomic mass is 10.1. The summed E-state index contributed by atoms with van der Waals surface area (Å²) >= 11 is 0. The van der Waals surface area contributed by atoms with Crippen molar-refractivity contribution in [1.82, 2.24) is 15.0 Å². The lowest BCUT2D eigenvalue weighted by Crippen LogP contribution is -2.21. The molecular formula is C25H25FN4O2. The number of anilines is 1. The highest BCUT2D eigenvalue weighted by molar-refractivity contribution is 5.95. The van der Waals surface area contributed by atoms with E-state index in [2.05, 4.69) is 34.6 Å². The van der Waals surface area contributed by atoms with Crippen molar-refractivity contribution in [3.63, 3.8) is 0 Å². The van der Waals surface area contributed by atoms with E-state index in [1.165, 1.54) is 11.6 Å². The van der Waals surface area contributed by atoms with E-state index in [-0.39, 0.29) is 18.3 Å². The number of ether oxygens (including phenoxy) is 1. The van der Waals surface area contributed by atoms with Gasteiger partial charge in [-0.05, 0) is 79.8 Å². The minimum atomic E-state index is -0.475. The van der Waals surface area contributed by atoms with Gasteiger partial charge in [0.15, 0.2) is 18.2 Å². The Bertz CT molecular complexity index is 1270. The minimum absolute atomic E-state index is 0.0926. The van der Waals surface area contributed by atoms with E-state index >= 15 is 0 Å². The molecule has 6 nitrogen and oxygen atoms in total. The van der Waals surface area contributed by atoms with Gasteiger partial charge in [-0.1, -0.05) is 25.1 Å². The van der Waals surface area contributed by atoms with Crippen molar-refractivity contribution in [3.8, 4) is 11.4 Å². The number of aryl methyl sites for hydroxylation is 4. The van der Waals surface area contributed by atoms with Crippen LogP contribution in [0, 0.1) is 26.6 Å². The molecule has 0 spiro atoms. The number of carbonyl (C=O) groups is 1. The van der Waals surface area contributed by atoms with Crippen molar-refractivity contribution in [2.45, 2.75) is 34.1 Å². The number of amides is 1. The molecule has 0 aliphatic heterocycles. The fourth-order valence-corrected chi connectivity index (χ4v) is 3.59. The maximum Gasteiger partial charge on any atom is 0.262 e. The molecule has 1 aromatic heterocycles. The first kappa shape index (κ1) is 21.5. The molecule has 0 fully saturated rings. The predicted octanol–water partition coefficient (Wildman–Crippen LogP) is 5.06. The van der Waals surface area contributed by atoms with Crippen LogP contribution in [0.2, 0.25) is 0 Å². The van der Waals surface area contributed by atoms with Gasteiger partial charge in [0.05, 0.1) is 5.69 Å². The molecule has 0 atom stereocenters. The van der Waals surface area contributed by atoms with Crippen molar-refractivity contribution in [1.29, 1.82) is 0 Å². The lowest BCUT2D eigenvalue weighted by molar-refractivity contribution is -0.118. The summed E-state index contributed by atoms with van der Waals surface area (Å²) < 4.78 is 19.6. The van der Waals surface area contributed by atoms with E-state index in [9.17, 15) is 9.18 Å². The third-order valence-corrected chi connectivity index (χ3v) is 5.30. The fraction of sp³-hybridized carbons (Fsp3) is 0.240. The van der Waals surface area contributed by atoms with Gasteiger partial charge in [0.2, 0.25) is 0 Å². The third-order valence-electron chi connectivity index (χ3n) is 5.30. The summed E-state index contributed by atoms with van der Waals surface area (Å²) in [5.74, 6) is -0.763. The highest BCUT2D eigenvalue weighted by atomic mass is 19.1. The average molecular weight is 432 g/mol. The van der Waals surface area contributed by atoms with Crippen LogP contribution in [-0.2, 0) is 11.2 Å². The van der Waals surface area contributed by atoms with Gasteiger partial charge >= 0.3 is 0 Å². The Balaban J connectivity index is 1.50. The van der Waals surface area contributed by atoms with Crippen LogP contribution in [0.4, 0.5) is 10.1 Å². The molecular weight excluding hydrogens is 407 g/mol. The normalized spacial score (nSPS) is 11.0. The fourth-order valence-electron chi connectivity index (χ4n) is 3.59. The number of hydrogen-bond donors (Lipinski definition) is 1. The molecule has 0 saturated heterocycles. The summed E-state index contributed by atoms with van der Waals surface area (Å²) in [5, 5.41) is 11.9. The Morgan fingerprint density at radius 2 is 1.69 bits per heavy atom. The Morgan fingerprint density at radius 3 is 2.34 bits per heavy atom. The number of carbonyl (C=O) groups excluding carboxylic acids is 1. The monoisotopic (exact) mass is 432 g/mol. The second kappa shape index (κ2) is 8.78. The van der Waals surface area contributed by atoms with Crippen molar-refractivity contribution in [2.24, 2.45) is 0 Å². The summed E-state index contributed by atoms with van der Waals surface area (Å²) in [7, 11) is 0. The zero-order chi connectivity index (χ0) is 22.8. The van der Waals surface area contributed by atoms with Crippen molar-refractivity contribution in [2.75, 3.05) is 11.9 Å². The average Bonchev–Trinajstić information content (AvgIpc) is 3.16. The topological polar surface area (TPSA) is 69.0 Å². The lowest BCUT2D eigenvalue weighted by Gasteiger charge is -2.12. The SMILES string of the molecule is CCc1ccc(-n2nc3cc(C)c(NC(=O)COc4c(C)cc(C)cc4F)cc3n2)cc1. The number of aromatic nitrogens is 3. The van der Waals surface area contributed by atoms with Crippen molar-refractivity contribution >= 4 is 22.6 Å². The Morgan fingerprint density at radius 1 is 1.00 bits per heavy atom. The molecule has 0 aliphatic carbocycles. The summed E-state index contributed by atoms with van der Waals surface area (Å²) in [6.07, 6.45) is 0.969. The Labute approximate surface area is 186 Å². The van der Waals surface area contributed by atoms with E-state index < -0.39 is 5.82 Å². The third kappa shape index (κ3) is 4.46. The van der Waals surface area contributed by atoms with Gasteiger partial charge in [0, 0.05) is 5.69 Å². The van der Waals surface area contributed by atoms with Crippen molar-refractivity contribution in [3.05, 3.63) is 76.6 Å². The van der Waals surface area contributed by atoms with E-state index in [1.807, 2.05) is 38.1 Å². The molecule has 4 rings (SSSR count). The first-order valence-electron chi connectivity index (χ1n) is 10.5. The summed E-state index contributed by atoms with van der Waals surface area (Å²) in [4.78, 5) is 14.0. The summed E-state index contributed by atoms with van der Waals surface area (Å²) in [6.45, 7) is 7.25. The number of nitrogens with one attached hydrogen (secondary N) is 1. The van der Waals surface area contributed by atoms with Crippen LogP contribution >= 0.6 is 0 Å². The van der Waals surface area contributed by atoms with Crippen LogP contribution in [0.1, 0.15) is 29.2 Å². The standard InChI is InChI=1S/C25H25FN4O2/c1-5-18-6-8-19(9-7-18)30-28-22-12-16(3)21(13-23(22)29-30)27-24(31)14-32-25-17(4)10-15(2)11-20(25)26/h6-13H,5,14H2,1-4H3,(H,27,31). The smallest absolute Gasteiger partial charge is 0.262 e. The molecule has 0 saturated carbocycles. The zero-order valence-corrected chi connectivity index (χ0v) is 18.6. The number of hydrogen-bond acceptors (Lipinski definition) is 4. The van der Waals surface area contributed by atoms with Crippen LogP contribution in [0.15, 0.2) is 48.5 Å². The first-order chi connectivity index (χ1) is 15.3. The number of nitrogens with zero attached hydrogens (tertiary/aromatic N) is 3. The van der Waals surface area contributed by atoms with Gasteiger partial charge in [-0.15, -0.1) is 10.2 Å². The molecule has 164 valence electrons. The molecule has 0 aliphatic rings. The molecule has 0 radical (unpaired) electrons. The van der Waals surface area contributed by atoms with E-state index in [0.29, 0.717) is 16.8 Å². The number of rotatable bonds is 6. The van der Waals surface area contributed by atoms with E-state index in [4.69, 9.17) is 4.74 Å². The molecule has 4 aromatic rings. The highest BCUT2D eigenvalue weighted by Gasteiger charge is 2.13. The van der Waals surface area contributed by atoms with Crippen LogP contribution in [0.3, 0.4) is 0 Å². The zero-order valence-electron chi connectivity index (χ0n) is 18.6. The van der Waals surface area contributed by atoms with Gasteiger partial charge in [-0.2, -0.15) is 4.80 Å². The minimum Gasteiger partial charge on any atom is -0.480 e. The Kier molecular flexibility index (Phi) is 5.90. The molecule has 1 amide bonds. The van der Waals surface area contributed by atoms with Gasteiger partial charge in [-0.25, -0.2) is 4.39 Å². The van der Waals surface area contributed by atoms with E-state index in [0.717, 1.165) is 28.8 Å². The second-order valence-electron chi connectivity index (χ2n) is 7.89. The largest absolute Gasteiger partial charge is 0.480 e. The van der Waals surface area contributed by atoms with Gasteiger partial charge in [0.1, 0.15) is 11.0 Å². The van der Waals surface area contributed by atoms with E-state index in [1.54, 1.807) is 17.8 Å². The van der Waals surface area contributed by atoms with Crippen LogP contribution < -0.4 is 10.1 Å². The maximum atomic E-state index is 14.1. The number of halogens is 1. The number of benzene rings is 3. The molecule has 3 aromatic carbocycles. The second-order valence-corrected chi connectivity index (χ2v) is 7.89. The highest BCUT2D eigenvalue weighted by Crippen LogP contribution is 2.25. The number of fused-ring (bicyclic) bond motifs is 1. The first-order valence-corrected chi connectivity index (χ1v) is 10.5. The van der Waals surface area contributed by atoms with Crippen LogP contribution in [0.25, 0.3) is 16.7 Å². The summed E-state index contributed by atoms with van der Waals surface area (Å²) in [6, 6.07) is 14.9. The summed E-state index contributed by atoms with van der Waals surface area (Å²) in [5.41, 5.74) is 6.41. The molecule has 1 N–H and O–H groups in total. The van der Waals surface area contributed by atoms with Gasteiger partial charge < -0.3 is 10.1 Å². The van der Waals surface area contributed by atoms with Crippen LogP contribution in [-0.4, -0.2) is 27.5 Å². The molecule has 0 bridgehead atoms. The maximum absolute atomic E-state index is 14.1. The van der Waals surface area contributed by atoms with Crippen molar-refractivity contribution < 1.29 is 13.9 Å². The molecule has 7 heteroatoms. The van der Waals surface area contributed by atoms with Gasteiger partial charge in [-0.3, -0.25) is 4.79 Å². The van der Waals surface area contributed by atoms with Crippen LogP contribution in [0.5, 0.6) is 5.75 Å². The molecule has 0 unspecified atom stereocenters. The molecule has 1 heterocycles. The molecule has 32 heavy (non-hydrogen) atoms. The Hall–Kier alpha value is -3.74. The predicted molar refractivity (Wildman–Crippen MR) is 123 cm³/mol. The van der Waals surface area contributed by atoms with Gasteiger partial charge in [0.25, 0.3) is 5.91 Å².